The number of hydrogen-bond acceptors (Lipinski definition) is 2. The Kier molecular flexibility index (Phi) is 4.71. The molecule has 4 heteroatoms. The van der Waals surface area contributed by atoms with Gasteiger partial charge in [0.25, 0.3) is 0 Å². The Hall–Kier alpha value is -2.36. The summed E-state index contributed by atoms with van der Waals surface area (Å²) in [7, 11) is 0. The molecule has 0 aliphatic rings. The van der Waals surface area contributed by atoms with Crippen molar-refractivity contribution in [3.63, 3.8) is 0 Å². The first-order valence-electron chi connectivity index (χ1n) is 6.45. The van der Waals surface area contributed by atoms with Crippen LogP contribution < -0.4 is 10.6 Å². The summed E-state index contributed by atoms with van der Waals surface area (Å²) in [5, 5.41) is 5.82. The lowest BCUT2D eigenvalue weighted by Crippen LogP contribution is -2.29. The van der Waals surface area contributed by atoms with Crippen LogP contribution in [0.2, 0.25) is 0 Å². The van der Waals surface area contributed by atoms with Gasteiger partial charge in [-0.05, 0) is 36.8 Å². The molecule has 0 bridgehead atoms. The number of anilines is 1. The van der Waals surface area contributed by atoms with E-state index in [4.69, 9.17) is 0 Å². The van der Waals surface area contributed by atoms with Crippen LogP contribution in [0.5, 0.6) is 0 Å². The van der Waals surface area contributed by atoms with Gasteiger partial charge in [-0.25, -0.2) is 4.39 Å². The Morgan fingerprint density at radius 3 is 2.35 bits per heavy atom. The minimum Gasteiger partial charge on any atom is -0.376 e. The molecule has 2 aromatic rings. The normalized spacial score (nSPS) is 10.1. The van der Waals surface area contributed by atoms with E-state index >= 15 is 0 Å². The van der Waals surface area contributed by atoms with E-state index < -0.39 is 0 Å². The van der Waals surface area contributed by atoms with Crippen molar-refractivity contribution in [2.24, 2.45) is 0 Å². The number of amides is 1. The molecule has 2 N–H and O–H groups in total. The maximum Gasteiger partial charge on any atom is 0.239 e. The van der Waals surface area contributed by atoms with E-state index in [9.17, 15) is 9.18 Å². The topological polar surface area (TPSA) is 41.1 Å². The summed E-state index contributed by atoms with van der Waals surface area (Å²) in [6.45, 7) is 2.62. The van der Waals surface area contributed by atoms with Crippen molar-refractivity contribution in [2.75, 3.05) is 11.9 Å². The van der Waals surface area contributed by atoms with Crippen LogP contribution in [0.15, 0.2) is 48.5 Å². The van der Waals surface area contributed by atoms with Crippen molar-refractivity contribution in [3.8, 4) is 0 Å². The van der Waals surface area contributed by atoms with Gasteiger partial charge in [0.15, 0.2) is 0 Å². The number of benzene rings is 2. The van der Waals surface area contributed by atoms with Crippen molar-refractivity contribution in [2.45, 2.75) is 13.5 Å². The largest absolute Gasteiger partial charge is 0.376 e. The number of carbonyl (C=O) groups excluding carboxylic acids is 1. The van der Waals surface area contributed by atoms with Crippen LogP contribution in [-0.2, 0) is 11.3 Å². The molecule has 0 spiro atoms. The maximum atomic E-state index is 12.7. The highest BCUT2D eigenvalue weighted by Crippen LogP contribution is 2.07. The zero-order valence-electron chi connectivity index (χ0n) is 11.3. The first-order valence-corrected chi connectivity index (χ1v) is 6.45. The predicted molar refractivity (Wildman–Crippen MR) is 77.9 cm³/mol. The van der Waals surface area contributed by atoms with E-state index in [-0.39, 0.29) is 18.3 Å². The van der Waals surface area contributed by atoms with E-state index in [1.807, 2.05) is 31.2 Å². The van der Waals surface area contributed by atoms with Crippen LogP contribution in [-0.4, -0.2) is 12.5 Å². The van der Waals surface area contributed by atoms with E-state index in [2.05, 4.69) is 10.6 Å². The van der Waals surface area contributed by atoms with Crippen molar-refractivity contribution < 1.29 is 9.18 Å². The van der Waals surface area contributed by atoms with Crippen molar-refractivity contribution in [1.29, 1.82) is 0 Å². The zero-order valence-corrected chi connectivity index (χ0v) is 11.3. The van der Waals surface area contributed by atoms with Gasteiger partial charge in [-0.15, -0.1) is 0 Å². The molecule has 0 saturated carbocycles. The van der Waals surface area contributed by atoms with Crippen molar-refractivity contribution in [3.05, 3.63) is 65.5 Å². The standard InChI is InChI=1S/C16H17FN2O/c1-12-2-8-15(9-3-12)18-11-16(20)19-10-13-4-6-14(17)7-5-13/h2-9,18H,10-11H2,1H3,(H,19,20). The molecule has 0 fully saturated rings. The first-order chi connectivity index (χ1) is 9.63. The Balaban J connectivity index is 1.75. The number of aryl methyl sites for hydroxylation is 1. The average Bonchev–Trinajstić information content (AvgIpc) is 2.46. The molecule has 0 atom stereocenters. The molecule has 0 aliphatic carbocycles. The number of carbonyl (C=O) groups is 1. The highest BCUT2D eigenvalue weighted by molar-refractivity contribution is 5.80. The molecule has 0 saturated heterocycles. The summed E-state index contributed by atoms with van der Waals surface area (Å²) in [5.41, 5.74) is 2.96. The van der Waals surface area contributed by atoms with E-state index in [0.29, 0.717) is 6.54 Å². The Morgan fingerprint density at radius 2 is 1.70 bits per heavy atom. The molecule has 0 radical (unpaired) electrons. The van der Waals surface area contributed by atoms with Gasteiger partial charge in [-0.3, -0.25) is 4.79 Å². The van der Waals surface area contributed by atoms with E-state index in [1.165, 1.54) is 17.7 Å². The van der Waals surface area contributed by atoms with E-state index in [1.54, 1.807) is 12.1 Å². The summed E-state index contributed by atoms with van der Waals surface area (Å²) in [5.74, 6) is -0.379. The fraction of sp³-hybridized carbons (Fsp3) is 0.188. The summed E-state index contributed by atoms with van der Waals surface area (Å²) >= 11 is 0. The van der Waals surface area contributed by atoms with Crippen LogP contribution in [0, 0.1) is 12.7 Å². The summed E-state index contributed by atoms with van der Waals surface area (Å²) in [4.78, 5) is 11.7. The third kappa shape index (κ3) is 4.39. The minimum atomic E-state index is -0.277. The fourth-order valence-electron chi connectivity index (χ4n) is 1.72. The molecule has 0 heterocycles. The molecule has 2 aromatic carbocycles. The number of rotatable bonds is 5. The van der Waals surface area contributed by atoms with Gasteiger partial charge in [0.05, 0.1) is 6.54 Å². The highest BCUT2D eigenvalue weighted by atomic mass is 19.1. The third-order valence-corrected chi connectivity index (χ3v) is 2.91. The number of nitrogens with one attached hydrogen (secondary N) is 2. The van der Waals surface area contributed by atoms with Gasteiger partial charge in [-0.2, -0.15) is 0 Å². The molecule has 0 aliphatic heterocycles. The molecule has 104 valence electrons. The first kappa shape index (κ1) is 14.1. The second-order valence-electron chi connectivity index (χ2n) is 4.62. The minimum absolute atomic E-state index is 0.102. The summed E-state index contributed by atoms with van der Waals surface area (Å²) in [6.07, 6.45) is 0. The van der Waals surface area contributed by atoms with Crippen LogP contribution in [0.25, 0.3) is 0 Å². The monoisotopic (exact) mass is 272 g/mol. The summed E-state index contributed by atoms with van der Waals surface area (Å²) in [6, 6.07) is 13.9. The van der Waals surface area contributed by atoms with Crippen molar-refractivity contribution in [1.82, 2.24) is 5.32 Å². The van der Waals surface area contributed by atoms with Crippen LogP contribution in [0.1, 0.15) is 11.1 Å². The SMILES string of the molecule is Cc1ccc(NCC(=O)NCc2ccc(F)cc2)cc1. The van der Waals surface area contributed by atoms with Gasteiger partial charge in [-0.1, -0.05) is 29.8 Å². The molecule has 2 rings (SSSR count). The highest BCUT2D eigenvalue weighted by Gasteiger charge is 2.01. The Labute approximate surface area is 117 Å². The Bertz CT molecular complexity index is 513. The smallest absolute Gasteiger partial charge is 0.239 e. The molecular weight excluding hydrogens is 255 g/mol. The van der Waals surface area contributed by atoms with Gasteiger partial charge in [0.2, 0.25) is 5.91 Å². The number of halogens is 1. The molecule has 0 aromatic heterocycles. The van der Waals surface area contributed by atoms with Crippen molar-refractivity contribution >= 4 is 11.6 Å². The Morgan fingerprint density at radius 1 is 1.05 bits per heavy atom. The predicted octanol–water partition coefficient (Wildman–Crippen LogP) is 2.86. The quantitative estimate of drug-likeness (QED) is 0.878. The third-order valence-electron chi connectivity index (χ3n) is 2.91. The average molecular weight is 272 g/mol. The molecule has 1 amide bonds. The lowest BCUT2D eigenvalue weighted by atomic mass is 10.2. The molecule has 20 heavy (non-hydrogen) atoms. The van der Waals surface area contributed by atoms with Gasteiger partial charge in [0, 0.05) is 12.2 Å². The van der Waals surface area contributed by atoms with Crippen LogP contribution in [0.3, 0.4) is 0 Å². The van der Waals surface area contributed by atoms with E-state index in [0.717, 1.165) is 11.3 Å². The van der Waals surface area contributed by atoms with Crippen LogP contribution in [0.4, 0.5) is 10.1 Å². The fourth-order valence-corrected chi connectivity index (χ4v) is 1.72. The van der Waals surface area contributed by atoms with Gasteiger partial charge in [0.1, 0.15) is 5.82 Å². The second-order valence-corrected chi connectivity index (χ2v) is 4.62. The lowest BCUT2D eigenvalue weighted by molar-refractivity contribution is -0.119. The molecule has 0 unspecified atom stereocenters. The maximum absolute atomic E-state index is 12.7. The van der Waals surface area contributed by atoms with Crippen LogP contribution >= 0.6 is 0 Å². The summed E-state index contributed by atoms with van der Waals surface area (Å²) < 4.78 is 12.7. The van der Waals surface area contributed by atoms with Gasteiger partial charge < -0.3 is 10.6 Å². The molecule has 3 nitrogen and oxygen atoms in total. The molecular formula is C16H17FN2O. The lowest BCUT2D eigenvalue weighted by Gasteiger charge is -2.08. The zero-order chi connectivity index (χ0) is 14.4. The number of hydrogen-bond donors (Lipinski definition) is 2. The second kappa shape index (κ2) is 6.70. The van der Waals surface area contributed by atoms with Gasteiger partial charge >= 0.3 is 0 Å².